The number of likely N-dealkylation sites (tertiary alicyclic amines) is 1. The van der Waals surface area contributed by atoms with E-state index in [1.807, 2.05) is 35.2 Å². The van der Waals surface area contributed by atoms with Crippen LogP contribution in [-0.2, 0) is 4.79 Å². The van der Waals surface area contributed by atoms with Crippen LogP contribution in [0.5, 0.6) is 0 Å². The zero-order valence-corrected chi connectivity index (χ0v) is 12.0. The van der Waals surface area contributed by atoms with Gasteiger partial charge in [-0.25, -0.2) is 0 Å². The van der Waals surface area contributed by atoms with Gasteiger partial charge in [-0.05, 0) is 45.0 Å². The number of amides is 1. The van der Waals surface area contributed by atoms with Crippen molar-refractivity contribution in [3.8, 4) is 0 Å². The van der Waals surface area contributed by atoms with Crippen LogP contribution in [0.3, 0.4) is 0 Å². The van der Waals surface area contributed by atoms with Crippen LogP contribution in [0.25, 0.3) is 0 Å². The molecule has 1 unspecified atom stereocenters. The number of benzene rings is 1. The third-order valence-electron chi connectivity index (χ3n) is 3.79. The highest BCUT2D eigenvalue weighted by Gasteiger charge is 2.21. The SMILES string of the molecule is CC(=O)N(c1ccccc1)C(C)CN1CCCCC1. The van der Waals surface area contributed by atoms with E-state index in [9.17, 15) is 4.79 Å². The molecule has 104 valence electrons. The summed E-state index contributed by atoms with van der Waals surface area (Å²) in [6, 6.07) is 10.2. The van der Waals surface area contributed by atoms with E-state index in [0.29, 0.717) is 0 Å². The van der Waals surface area contributed by atoms with Gasteiger partial charge in [-0.3, -0.25) is 4.79 Å². The molecular formula is C16H24N2O. The number of para-hydroxylation sites is 1. The largest absolute Gasteiger partial charge is 0.309 e. The Labute approximate surface area is 116 Å². The molecular weight excluding hydrogens is 236 g/mol. The van der Waals surface area contributed by atoms with Gasteiger partial charge in [0.15, 0.2) is 0 Å². The molecule has 0 radical (unpaired) electrons. The topological polar surface area (TPSA) is 23.6 Å². The number of anilines is 1. The smallest absolute Gasteiger partial charge is 0.224 e. The molecule has 1 saturated heterocycles. The summed E-state index contributed by atoms with van der Waals surface area (Å²) in [4.78, 5) is 16.3. The Bertz CT molecular complexity index is 398. The van der Waals surface area contributed by atoms with Crippen LogP contribution in [0.1, 0.15) is 33.1 Å². The molecule has 19 heavy (non-hydrogen) atoms. The van der Waals surface area contributed by atoms with Crippen LogP contribution in [0.2, 0.25) is 0 Å². The summed E-state index contributed by atoms with van der Waals surface area (Å²) in [6.45, 7) is 7.10. The predicted octanol–water partition coefficient (Wildman–Crippen LogP) is 2.91. The quantitative estimate of drug-likeness (QED) is 0.831. The van der Waals surface area contributed by atoms with E-state index in [1.165, 1.54) is 32.4 Å². The average molecular weight is 260 g/mol. The Morgan fingerprint density at radius 3 is 2.42 bits per heavy atom. The van der Waals surface area contributed by atoms with Gasteiger partial charge < -0.3 is 9.80 Å². The van der Waals surface area contributed by atoms with Gasteiger partial charge in [0.05, 0.1) is 0 Å². The first kappa shape index (κ1) is 14.1. The van der Waals surface area contributed by atoms with E-state index in [1.54, 1.807) is 6.92 Å². The Morgan fingerprint density at radius 2 is 1.84 bits per heavy atom. The summed E-state index contributed by atoms with van der Waals surface area (Å²) < 4.78 is 0. The van der Waals surface area contributed by atoms with Gasteiger partial charge in [0.1, 0.15) is 0 Å². The lowest BCUT2D eigenvalue weighted by Gasteiger charge is -2.34. The Morgan fingerprint density at radius 1 is 1.21 bits per heavy atom. The lowest BCUT2D eigenvalue weighted by molar-refractivity contribution is -0.117. The maximum Gasteiger partial charge on any atom is 0.224 e. The van der Waals surface area contributed by atoms with Crippen molar-refractivity contribution in [2.24, 2.45) is 0 Å². The maximum atomic E-state index is 11.9. The van der Waals surface area contributed by atoms with Crippen LogP contribution >= 0.6 is 0 Å². The van der Waals surface area contributed by atoms with Crippen molar-refractivity contribution in [1.29, 1.82) is 0 Å². The van der Waals surface area contributed by atoms with Crippen molar-refractivity contribution < 1.29 is 4.79 Å². The van der Waals surface area contributed by atoms with E-state index in [-0.39, 0.29) is 11.9 Å². The minimum Gasteiger partial charge on any atom is -0.309 e. The standard InChI is InChI=1S/C16H24N2O/c1-14(13-17-11-7-4-8-12-17)18(15(2)19)16-9-5-3-6-10-16/h3,5-6,9-10,14H,4,7-8,11-13H2,1-2H3. The fourth-order valence-electron chi connectivity index (χ4n) is 2.93. The molecule has 1 fully saturated rings. The molecule has 0 N–H and O–H groups in total. The summed E-state index contributed by atoms with van der Waals surface area (Å²) >= 11 is 0. The van der Waals surface area contributed by atoms with Gasteiger partial charge in [-0.1, -0.05) is 24.6 Å². The van der Waals surface area contributed by atoms with Gasteiger partial charge in [0, 0.05) is 25.2 Å². The van der Waals surface area contributed by atoms with E-state index >= 15 is 0 Å². The average Bonchev–Trinajstić information content (AvgIpc) is 2.40. The van der Waals surface area contributed by atoms with Crippen molar-refractivity contribution in [2.75, 3.05) is 24.5 Å². The highest BCUT2D eigenvalue weighted by atomic mass is 16.2. The Kier molecular flexibility index (Phi) is 4.97. The monoisotopic (exact) mass is 260 g/mol. The fraction of sp³-hybridized carbons (Fsp3) is 0.562. The normalized spacial score (nSPS) is 18.0. The van der Waals surface area contributed by atoms with Gasteiger partial charge in [0.2, 0.25) is 5.91 Å². The molecule has 3 nitrogen and oxygen atoms in total. The second-order valence-corrected chi connectivity index (χ2v) is 5.43. The van der Waals surface area contributed by atoms with Gasteiger partial charge in [-0.2, -0.15) is 0 Å². The van der Waals surface area contributed by atoms with Crippen LogP contribution < -0.4 is 4.90 Å². The van der Waals surface area contributed by atoms with E-state index < -0.39 is 0 Å². The molecule has 2 rings (SSSR count). The van der Waals surface area contributed by atoms with Gasteiger partial charge in [-0.15, -0.1) is 0 Å². The van der Waals surface area contributed by atoms with Crippen molar-refractivity contribution in [1.82, 2.24) is 4.90 Å². The second-order valence-electron chi connectivity index (χ2n) is 5.43. The van der Waals surface area contributed by atoms with E-state index in [4.69, 9.17) is 0 Å². The molecule has 1 aromatic rings. The van der Waals surface area contributed by atoms with Gasteiger partial charge in [0.25, 0.3) is 0 Å². The van der Waals surface area contributed by atoms with Crippen LogP contribution in [-0.4, -0.2) is 36.5 Å². The number of hydrogen-bond acceptors (Lipinski definition) is 2. The third-order valence-corrected chi connectivity index (χ3v) is 3.79. The molecule has 0 spiro atoms. The first-order valence-corrected chi connectivity index (χ1v) is 7.25. The molecule has 0 aromatic heterocycles. The Balaban J connectivity index is 2.04. The molecule has 1 aliphatic rings. The maximum absolute atomic E-state index is 11.9. The highest BCUT2D eigenvalue weighted by molar-refractivity contribution is 5.92. The van der Waals surface area contributed by atoms with Crippen molar-refractivity contribution in [3.05, 3.63) is 30.3 Å². The summed E-state index contributed by atoms with van der Waals surface area (Å²) in [5.74, 6) is 0.121. The zero-order valence-electron chi connectivity index (χ0n) is 12.0. The summed E-state index contributed by atoms with van der Waals surface area (Å²) in [5.41, 5.74) is 1.000. The number of rotatable bonds is 4. The minimum atomic E-state index is 0.121. The van der Waals surface area contributed by atoms with Crippen molar-refractivity contribution in [3.63, 3.8) is 0 Å². The number of hydrogen-bond donors (Lipinski definition) is 0. The zero-order chi connectivity index (χ0) is 13.7. The molecule has 1 amide bonds. The number of carbonyl (C=O) groups excluding carboxylic acids is 1. The lowest BCUT2D eigenvalue weighted by Crippen LogP contribution is -2.46. The van der Waals surface area contributed by atoms with Gasteiger partial charge >= 0.3 is 0 Å². The van der Waals surface area contributed by atoms with Crippen LogP contribution in [0.15, 0.2) is 30.3 Å². The minimum absolute atomic E-state index is 0.121. The summed E-state index contributed by atoms with van der Waals surface area (Å²) in [7, 11) is 0. The van der Waals surface area contributed by atoms with Crippen LogP contribution in [0, 0.1) is 0 Å². The second kappa shape index (κ2) is 6.71. The van der Waals surface area contributed by atoms with Crippen molar-refractivity contribution >= 4 is 11.6 Å². The molecule has 0 saturated carbocycles. The number of carbonyl (C=O) groups is 1. The molecule has 0 bridgehead atoms. The van der Waals surface area contributed by atoms with Crippen molar-refractivity contribution in [2.45, 2.75) is 39.2 Å². The molecule has 1 heterocycles. The number of nitrogens with zero attached hydrogens (tertiary/aromatic N) is 2. The first-order chi connectivity index (χ1) is 9.18. The fourth-order valence-corrected chi connectivity index (χ4v) is 2.93. The first-order valence-electron chi connectivity index (χ1n) is 7.25. The molecule has 1 aromatic carbocycles. The predicted molar refractivity (Wildman–Crippen MR) is 79.4 cm³/mol. The summed E-state index contributed by atoms with van der Waals surface area (Å²) in [6.07, 6.45) is 3.93. The molecule has 1 atom stereocenters. The van der Waals surface area contributed by atoms with E-state index in [2.05, 4.69) is 11.8 Å². The molecule has 1 aliphatic heterocycles. The molecule has 3 heteroatoms. The highest BCUT2D eigenvalue weighted by Crippen LogP contribution is 2.18. The Hall–Kier alpha value is -1.35. The van der Waals surface area contributed by atoms with E-state index in [0.717, 1.165) is 12.2 Å². The van der Waals surface area contributed by atoms with Crippen LogP contribution in [0.4, 0.5) is 5.69 Å². The lowest BCUT2D eigenvalue weighted by atomic mass is 10.1. The number of piperidine rings is 1. The summed E-state index contributed by atoms with van der Waals surface area (Å²) in [5, 5.41) is 0. The third kappa shape index (κ3) is 3.80. The molecule has 0 aliphatic carbocycles.